The van der Waals surface area contributed by atoms with Crippen molar-refractivity contribution < 1.29 is 0 Å². The Labute approximate surface area is 115 Å². The Hall–Kier alpha value is -0.0800. The second kappa shape index (κ2) is 8.16. The zero-order chi connectivity index (χ0) is 13.5. The van der Waals surface area contributed by atoms with E-state index in [1.54, 1.807) is 0 Å². The minimum Gasteiger partial charge on any atom is -0.311 e. The molecule has 1 fully saturated rings. The van der Waals surface area contributed by atoms with Crippen LogP contribution in [-0.2, 0) is 0 Å². The van der Waals surface area contributed by atoms with Crippen molar-refractivity contribution in [1.29, 1.82) is 0 Å². The molecule has 1 saturated heterocycles. The molecule has 0 aromatic heterocycles. The Morgan fingerprint density at radius 3 is 2.39 bits per heavy atom. The van der Waals surface area contributed by atoms with Gasteiger partial charge in [-0.25, -0.2) is 0 Å². The molecular weight excluding hydrogens is 220 g/mol. The van der Waals surface area contributed by atoms with Gasteiger partial charge in [0.2, 0.25) is 0 Å². The first-order valence-electron chi connectivity index (χ1n) is 7.96. The van der Waals surface area contributed by atoms with Gasteiger partial charge in [0, 0.05) is 31.7 Å². The van der Waals surface area contributed by atoms with Gasteiger partial charge in [-0.2, -0.15) is 0 Å². The molecule has 0 spiro atoms. The molecule has 0 aliphatic carbocycles. The molecule has 2 heteroatoms. The molecule has 1 aliphatic rings. The molecule has 0 bridgehead atoms. The van der Waals surface area contributed by atoms with Gasteiger partial charge < -0.3 is 5.32 Å². The highest BCUT2D eigenvalue weighted by molar-refractivity contribution is 4.82. The fourth-order valence-corrected chi connectivity index (χ4v) is 2.98. The number of piperazine rings is 1. The zero-order valence-electron chi connectivity index (χ0n) is 13.2. The van der Waals surface area contributed by atoms with E-state index in [9.17, 15) is 0 Å². The van der Waals surface area contributed by atoms with Gasteiger partial charge in [0.1, 0.15) is 0 Å². The number of rotatable bonds is 7. The Morgan fingerprint density at radius 2 is 1.78 bits per heavy atom. The molecule has 0 amide bonds. The van der Waals surface area contributed by atoms with E-state index in [4.69, 9.17) is 0 Å². The molecule has 1 aliphatic heterocycles. The molecule has 0 radical (unpaired) electrons. The predicted molar refractivity (Wildman–Crippen MR) is 81.0 cm³/mol. The minimum absolute atomic E-state index is 0.714. The van der Waals surface area contributed by atoms with Crippen LogP contribution in [-0.4, -0.2) is 36.6 Å². The van der Waals surface area contributed by atoms with Crippen LogP contribution < -0.4 is 5.32 Å². The number of hydrogen-bond acceptors (Lipinski definition) is 2. The quantitative estimate of drug-likeness (QED) is 0.748. The van der Waals surface area contributed by atoms with Crippen LogP contribution in [0.2, 0.25) is 0 Å². The van der Waals surface area contributed by atoms with Crippen molar-refractivity contribution in [3.05, 3.63) is 0 Å². The summed E-state index contributed by atoms with van der Waals surface area (Å²) >= 11 is 0. The number of hydrogen-bond donors (Lipinski definition) is 1. The standard InChI is InChI=1S/C16H34N2/c1-13(2)7-6-8-15(5)18-10-9-17-16(12-18)11-14(3)4/h13-17H,6-12H2,1-5H3. The lowest BCUT2D eigenvalue weighted by atomic mass is 9.99. The third-order valence-electron chi connectivity index (χ3n) is 4.07. The van der Waals surface area contributed by atoms with Crippen LogP contribution in [0.15, 0.2) is 0 Å². The van der Waals surface area contributed by atoms with E-state index in [0.29, 0.717) is 6.04 Å². The fraction of sp³-hybridized carbons (Fsp3) is 1.00. The molecule has 1 rings (SSSR count). The van der Waals surface area contributed by atoms with Crippen LogP contribution >= 0.6 is 0 Å². The molecule has 0 saturated carbocycles. The summed E-state index contributed by atoms with van der Waals surface area (Å²) in [5, 5.41) is 3.67. The van der Waals surface area contributed by atoms with Crippen molar-refractivity contribution in [2.75, 3.05) is 19.6 Å². The van der Waals surface area contributed by atoms with Crippen LogP contribution in [0.3, 0.4) is 0 Å². The maximum Gasteiger partial charge on any atom is 0.0198 e. The normalized spacial score (nSPS) is 23.8. The van der Waals surface area contributed by atoms with Crippen molar-refractivity contribution in [3.63, 3.8) is 0 Å². The van der Waals surface area contributed by atoms with Crippen molar-refractivity contribution in [2.24, 2.45) is 11.8 Å². The van der Waals surface area contributed by atoms with Gasteiger partial charge in [0.25, 0.3) is 0 Å². The smallest absolute Gasteiger partial charge is 0.0198 e. The minimum atomic E-state index is 0.714. The van der Waals surface area contributed by atoms with Crippen molar-refractivity contribution in [1.82, 2.24) is 10.2 Å². The molecule has 108 valence electrons. The van der Waals surface area contributed by atoms with Crippen molar-refractivity contribution >= 4 is 0 Å². The van der Waals surface area contributed by atoms with Crippen LogP contribution in [0.4, 0.5) is 0 Å². The fourth-order valence-electron chi connectivity index (χ4n) is 2.98. The summed E-state index contributed by atoms with van der Waals surface area (Å²) in [5.74, 6) is 1.66. The van der Waals surface area contributed by atoms with E-state index < -0.39 is 0 Å². The lowest BCUT2D eigenvalue weighted by Crippen LogP contribution is -2.53. The second-order valence-electron chi connectivity index (χ2n) is 6.95. The molecule has 2 atom stereocenters. The molecule has 1 heterocycles. The SMILES string of the molecule is CC(C)CCCC(C)N1CCNC(CC(C)C)C1. The van der Waals surface area contributed by atoms with Gasteiger partial charge in [-0.1, -0.05) is 40.5 Å². The van der Waals surface area contributed by atoms with E-state index in [2.05, 4.69) is 44.8 Å². The third kappa shape index (κ3) is 6.19. The molecule has 1 N–H and O–H groups in total. The zero-order valence-corrected chi connectivity index (χ0v) is 13.2. The number of nitrogens with zero attached hydrogens (tertiary/aromatic N) is 1. The summed E-state index contributed by atoms with van der Waals surface area (Å²) in [6.07, 6.45) is 5.45. The Kier molecular flexibility index (Phi) is 7.25. The summed E-state index contributed by atoms with van der Waals surface area (Å²) in [5.41, 5.74) is 0. The lowest BCUT2D eigenvalue weighted by molar-refractivity contribution is 0.135. The summed E-state index contributed by atoms with van der Waals surface area (Å²) in [7, 11) is 0. The topological polar surface area (TPSA) is 15.3 Å². The second-order valence-corrected chi connectivity index (χ2v) is 6.95. The van der Waals surface area contributed by atoms with Crippen LogP contribution in [0.5, 0.6) is 0 Å². The molecule has 2 unspecified atom stereocenters. The average Bonchev–Trinajstić information content (AvgIpc) is 2.27. The molecule has 2 nitrogen and oxygen atoms in total. The van der Waals surface area contributed by atoms with Crippen LogP contribution in [0.1, 0.15) is 60.3 Å². The Bertz CT molecular complexity index is 213. The monoisotopic (exact) mass is 254 g/mol. The van der Waals surface area contributed by atoms with E-state index in [0.717, 1.165) is 17.9 Å². The molecule has 0 aromatic carbocycles. The van der Waals surface area contributed by atoms with Gasteiger partial charge in [0.05, 0.1) is 0 Å². The summed E-state index contributed by atoms with van der Waals surface area (Å²) in [6, 6.07) is 1.48. The number of nitrogens with one attached hydrogen (secondary N) is 1. The first kappa shape index (κ1) is 16.0. The van der Waals surface area contributed by atoms with Crippen LogP contribution in [0.25, 0.3) is 0 Å². The van der Waals surface area contributed by atoms with Gasteiger partial charge >= 0.3 is 0 Å². The van der Waals surface area contributed by atoms with Crippen LogP contribution in [0, 0.1) is 11.8 Å². The largest absolute Gasteiger partial charge is 0.311 e. The van der Waals surface area contributed by atoms with E-state index >= 15 is 0 Å². The predicted octanol–water partition coefficient (Wildman–Crippen LogP) is 3.52. The Morgan fingerprint density at radius 1 is 1.06 bits per heavy atom. The van der Waals surface area contributed by atoms with Gasteiger partial charge in [-0.05, 0) is 31.6 Å². The first-order valence-corrected chi connectivity index (χ1v) is 7.96. The molecule has 18 heavy (non-hydrogen) atoms. The maximum atomic E-state index is 3.67. The van der Waals surface area contributed by atoms with Crippen molar-refractivity contribution in [2.45, 2.75) is 72.4 Å². The van der Waals surface area contributed by atoms with E-state index in [1.807, 2.05) is 0 Å². The highest BCUT2D eigenvalue weighted by Crippen LogP contribution is 2.16. The summed E-state index contributed by atoms with van der Waals surface area (Å²) in [6.45, 7) is 15.4. The van der Waals surface area contributed by atoms with Crippen molar-refractivity contribution in [3.8, 4) is 0 Å². The summed E-state index contributed by atoms with van der Waals surface area (Å²) in [4.78, 5) is 2.70. The first-order chi connectivity index (χ1) is 8.49. The molecule has 0 aromatic rings. The average molecular weight is 254 g/mol. The van der Waals surface area contributed by atoms with Gasteiger partial charge in [0.15, 0.2) is 0 Å². The maximum absolute atomic E-state index is 3.67. The molecular formula is C16H34N2. The van der Waals surface area contributed by atoms with E-state index in [1.165, 1.54) is 45.3 Å². The third-order valence-corrected chi connectivity index (χ3v) is 4.07. The van der Waals surface area contributed by atoms with E-state index in [-0.39, 0.29) is 0 Å². The Balaban J connectivity index is 2.27. The van der Waals surface area contributed by atoms with Gasteiger partial charge in [-0.3, -0.25) is 4.90 Å². The summed E-state index contributed by atoms with van der Waals surface area (Å²) < 4.78 is 0. The highest BCUT2D eigenvalue weighted by Gasteiger charge is 2.23. The highest BCUT2D eigenvalue weighted by atomic mass is 15.2. The lowest BCUT2D eigenvalue weighted by Gasteiger charge is -2.38. The van der Waals surface area contributed by atoms with Gasteiger partial charge in [-0.15, -0.1) is 0 Å².